The summed E-state index contributed by atoms with van der Waals surface area (Å²) in [6.07, 6.45) is 0. The highest BCUT2D eigenvalue weighted by atomic mass is 16.7. The molecule has 0 radical (unpaired) electrons. The maximum absolute atomic E-state index is 6.64. The maximum Gasteiger partial charge on any atom is 0.497 e. The molecule has 1 fully saturated rings. The Hall–Kier alpha value is -4.78. The number of fused-ring (bicyclic) bond motifs is 3. The van der Waals surface area contributed by atoms with Gasteiger partial charge in [-0.15, -0.1) is 0 Å². The van der Waals surface area contributed by atoms with Crippen LogP contribution in [0, 0.1) is 0 Å². The van der Waals surface area contributed by atoms with Crippen molar-refractivity contribution in [2.45, 2.75) is 58.2 Å². The van der Waals surface area contributed by atoms with Gasteiger partial charge in [0.05, 0.1) is 45.2 Å². The van der Waals surface area contributed by atoms with Crippen molar-refractivity contribution in [1.82, 2.24) is 9.97 Å². The summed E-state index contributed by atoms with van der Waals surface area (Å²) in [5, 5.41) is 0. The predicted molar refractivity (Wildman–Crippen MR) is 193 cm³/mol. The molecule has 232 valence electrons. The Morgan fingerprint density at radius 2 is 0.936 bits per heavy atom. The Morgan fingerprint density at radius 1 is 0.489 bits per heavy atom. The number of benzene rings is 5. The first-order valence-corrected chi connectivity index (χ1v) is 16.4. The van der Waals surface area contributed by atoms with Gasteiger partial charge in [-0.25, -0.2) is 9.97 Å². The minimum absolute atomic E-state index is 0.177. The van der Waals surface area contributed by atoms with Crippen LogP contribution in [0.5, 0.6) is 0 Å². The van der Waals surface area contributed by atoms with Gasteiger partial charge in [-0.1, -0.05) is 117 Å². The van der Waals surface area contributed by atoms with Gasteiger partial charge in [0.2, 0.25) is 0 Å². The summed E-state index contributed by atoms with van der Waals surface area (Å²) in [4.78, 5) is 13.4. The number of para-hydroxylation sites is 2. The van der Waals surface area contributed by atoms with Crippen molar-refractivity contribution in [1.29, 1.82) is 0 Å². The maximum atomic E-state index is 6.64. The van der Waals surface area contributed by atoms with Gasteiger partial charge in [-0.05, 0) is 57.0 Å². The first-order valence-electron chi connectivity index (χ1n) is 16.4. The van der Waals surface area contributed by atoms with E-state index in [2.05, 4.69) is 144 Å². The van der Waals surface area contributed by atoms with E-state index in [1.165, 1.54) is 11.1 Å². The fourth-order valence-electron chi connectivity index (χ4n) is 7.01. The van der Waals surface area contributed by atoms with E-state index in [1.807, 2.05) is 24.3 Å². The second kappa shape index (κ2) is 10.6. The van der Waals surface area contributed by atoms with E-state index < -0.39 is 18.3 Å². The van der Waals surface area contributed by atoms with Gasteiger partial charge in [0.1, 0.15) is 5.52 Å². The number of anilines is 3. The third-order valence-corrected chi connectivity index (χ3v) is 10.3. The molecule has 47 heavy (non-hydrogen) atoms. The first-order chi connectivity index (χ1) is 22.6. The van der Waals surface area contributed by atoms with E-state index in [9.17, 15) is 0 Å². The SMILES string of the molecule is CC1(C)c2ccccc2N(c2ccc(B3OC(C)(C)C(C)(C)O3)c3nc(-c4ccccc4)c(-c4ccccc4)nc23)c2ccccc21. The molecule has 2 aliphatic rings. The summed E-state index contributed by atoms with van der Waals surface area (Å²) in [6, 6.07) is 42.4. The molecule has 5 aromatic carbocycles. The zero-order valence-corrected chi connectivity index (χ0v) is 27.8. The van der Waals surface area contributed by atoms with Crippen molar-refractivity contribution in [2.24, 2.45) is 0 Å². The van der Waals surface area contributed by atoms with Gasteiger partial charge in [0, 0.05) is 22.0 Å². The zero-order chi connectivity index (χ0) is 32.6. The van der Waals surface area contributed by atoms with Gasteiger partial charge in [0.25, 0.3) is 0 Å². The van der Waals surface area contributed by atoms with Gasteiger partial charge < -0.3 is 14.2 Å². The smallest absolute Gasteiger partial charge is 0.399 e. The molecule has 1 saturated heterocycles. The first kappa shape index (κ1) is 29.6. The Kier molecular flexibility index (Phi) is 6.70. The molecule has 2 aliphatic heterocycles. The van der Waals surface area contributed by atoms with Crippen LogP contribution in [0.1, 0.15) is 52.7 Å². The molecule has 5 nitrogen and oxygen atoms in total. The molecule has 3 heterocycles. The Balaban J connectivity index is 1.46. The topological polar surface area (TPSA) is 47.5 Å². The van der Waals surface area contributed by atoms with E-state index in [1.54, 1.807) is 0 Å². The molecule has 0 aliphatic carbocycles. The average Bonchev–Trinajstić information content (AvgIpc) is 3.30. The molecule has 0 spiro atoms. The molecule has 0 atom stereocenters. The van der Waals surface area contributed by atoms with Gasteiger partial charge >= 0.3 is 7.12 Å². The Morgan fingerprint density at radius 3 is 1.45 bits per heavy atom. The minimum Gasteiger partial charge on any atom is -0.399 e. The summed E-state index contributed by atoms with van der Waals surface area (Å²) in [7, 11) is -0.600. The van der Waals surface area contributed by atoms with E-state index in [0.717, 1.165) is 56.1 Å². The van der Waals surface area contributed by atoms with Crippen LogP contribution in [0.3, 0.4) is 0 Å². The molecule has 0 amide bonds. The summed E-state index contributed by atoms with van der Waals surface area (Å²) in [5.74, 6) is 0. The Bertz CT molecular complexity index is 2080. The van der Waals surface area contributed by atoms with Crippen LogP contribution < -0.4 is 10.4 Å². The summed E-state index contributed by atoms with van der Waals surface area (Å²) >= 11 is 0. The third kappa shape index (κ3) is 4.62. The minimum atomic E-state index is -0.600. The van der Waals surface area contributed by atoms with E-state index >= 15 is 0 Å². The van der Waals surface area contributed by atoms with Crippen LogP contribution in [-0.2, 0) is 14.7 Å². The van der Waals surface area contributed by atoms with E-state index in [0.29, 0.717) is 0 Å². The van der Waals surface area contributed by atoms with E-state index in [4.69, 9.17) is 19.3 Å². The normalized spacial score (nSPS) is 17.4. The van der Waals surface area contributed by atoms with Crippen molar-refractivity contribution in [3.05, 3.63) is 132 Å². The second-order valence-electron chi connectivity index (χ2n) is 14.1. The summed E-state index contributed by atoms with van der Waals surface area (Å²) in [6.45, 7) is 13.0. The van der Waals surface area contributed by atoms with Crippen LogP contribution in [0.4, 0.5) is 17.1 Å². The monoisotopic (exact) mass is 615 g/mol. The number of rotatable bonds is 4. The van der Waals surface area contributed by atoms with Crippen molar-refractivity contribution in [3.63, 3.8) is 0 Å². The standard InChI is InChI=1S/C41H38BN3O2/c1-39(2)29-21-13-15-23-32(29)45(33-24-16-14-22-30(33)39)34-26-25-31(42-46-40(3,4)41(5,6)47-42)37-38(34)44-36(28-19-11-8-12-20-28)35(43-37)27-17-9-7-10-18-27/h7-26H,1-6H3. The van der Waals surface area contributed by atoms with Gasteiger partial charge in [-0.2, -0.15) is 0 Å². The quantitative estimate of drug-likeness (QED) is 0.185. The summed E-state index contributed by atoms with van der Waals surface area (Å²) < 4.78 is 13.3. The lowest BCUT2D eigenvalue weighted by molar-refractivity contribution is 0.00578. The van der Waals surface area contributed by atoms with Crippen LogP contribution >= 0.6 is 0 Å². The fourth-order valence-corrected chi connectivity index (χ4v) is 7.01. The summed E-state index contributed by atoms with van der Waals surface area (Å²) in [5.41, 5.74) is 10.7. The average molecular weight is 616 g/mol. The number of hydrogen-bond donors (Lipinski definition) is 0. The van der Waals surface area contributed by atoms with Crippen LogP contribution in [0.2, 0.25) is 0 Å². The van der Waals surface area contributed by atoms with Gasteiger partial charge in [-0.3, -0.25) is 0 Å². The van der Waals surface area contributed by atoms with Crippen molar-refractivity contribution >= 4 is 40.7 Å². The lowest BCUT2D eigenvalue weighted by atomic mass is 9.73. The zero-order valence-electron chi connectivity index (χ0n) is 27.8. The molecule has 0 bridgehead atoms. The lowest BCUT2D eigenvalue weighted by Gasteiger charge is -2.42. The molecular weight excluding hydrogens is 577 g/mol. The molecule has 0 unspecified atom stereocenters. The molecule has 0 saturated carbocycles. The van der Waals surface area contributed by atoms with E-state index in [-0.39, 0.29) is 5.41 Å². The highest BCUT2D eigenvalue weighted by Gasteiger charge is 2.52. The molecule has 8 rings (SSSR count). The number of nitrogens with zero attached hydrogens (tertiary/aromatic N) is 3. The van der Waals surface area contributed by atoms with Crippen LogP contribution in [0.25, 0.3) is 33.5 Å². The number of aromatic nitrogens is 2. The molecule has 0 N–H and O–H groups in total. The third-order valence-electron chi connectivity index (χ3n) is 10.3. The van der Waals surface area contributed by atoms with Crippen molar-refractivity contribution < 1.29 is 9.31 Å². The highest BCUT2D eigenvalue weighted by Crippen LogP contribution is 2.52. The van der Waals surface area contributed by atoms with Crippen LogP contribution in [-0.4, -0.2) is 28.3 Å². The fraction of sp³-hybridized carbons (Fsp3) is 0.220. The van der Waals surface area contributed by atoms with Crippen molar-refractivity contribution in [2.75, 3.05) is 4.90 Å². The lowest BCUT2D eigenvalue weighted by Crippen LogP contribution is -2.41. The van der Waals surface area contributed by atoms with Crippen molar-refractivity contribution in [3.8, 4) is 22.5 Å². The molecule has 1 aromatic heterocycles. The number of hydrogen-bond acceptors (Lipinski definition) is 5. The predicted octanol–water partition coefficient (Wildman–Crippen LogP) is 9.37. The Labute approximate surface area is 277 Å². The molecular formula is C41H38BN3O2. The molecule has 6 heteroatoms. The van der Waals surface area contributed by atoms with Gasteiger partial charge in [0.15, 0.2) is 0 Å². The van der Waals surface area contributed by atoms with Crippen LogP contribution in [0.15, 0.2) is 121 Å². The molecule has 6 aromatic rings. The largest absolute Gasteiger partial charge is 0.497 e. The highest BCUT2D eigenvalue weighted by molar-refractivity contribution is 6.65. The second-order valence-corrected chi connectivity index (χ2v) is 14.1.